The molecule has 1 aromatic rings. The standard InChI is InChI=1S/C13H16N2O5/c16-13(17)10-3-4-11(12(6-10)15(18)19)14-7-9-2-1-5-20-8-9/h3-4,6,9,14H,1-2,5,7-8H2,(H,16,17). The van der Waals surface area contributed by atoms with Crippen LogP contribution >= 0.6 is 0 Å². The molecule has 1 unspecified atom stereocenters. The number of hydrogen-bond donors (Lipinski definition) is 2. The van der Waals surface area contributed by atoms with Crippen LogP contribution in [0.1, 0.15) is 23.2 Å². The maximum Gasteiger partial charge on any atom is 0.335 e. The first-order valence-corrected chi connectivity index (χ1v) is 6.41. The third-order valence-corrected chi connectivity index (χ3v) is 3.28. The van der Waals surface area contributed by atoms with Crippen molar-refractivity contribution < 1.29 is 19.6 Å². The Morgan fingerprint density at radius 1 is 1.55 bits per heavy atom. The van der Waals surface area contributed by atoms with E-state index in [1.165, 1.54) is 12.1 Å². The Bertz CT molecular complexity index is 511. The van der Waals surface area contributed by atoms with Crippen molar-refractivity contribution >= 4 is 17.3 Å². The van der Waals surface area contributed by atoms with Crippen molar-refractivity contribution in [3.8, 4) is 0 Å². The summed E-state index contributed by atoms with van der Waals surface area (Å²) in [6.07, 6.45) is 2.01. The summed E-state index contributed by atoms with van der Waals surface area (Å²) in [4.78, 5) is 21.3. The molecule has 1 saturated heterocycles. The van der Waals surface area contributed by atoms with Crippen molar-refractivity contribution in [1.82, 2.24) is 0 Å². The summed E-state index contributed by atoms with van der Waals surface area (Å²) in [5.41, 5.74) is 0.0236. The van der Waals surface area contributed by atoms with Crippen LogP contribution in [-0.2, 0) is 4.74 Å². The fourth-order valence-electron chi connectivity index (χ4n) is 2.19. The van der Waals surface area contributed by atoms with Crippen LogP contribution < -0.4 is 5.32 Å². The van der Waals surface area contributed by atoms with Crippen LogP contribution in [-0.4, -0.2) is 35.8 Å². The summed E-state index contributed by atoms with van der Waals surface area (Å²) in [7, 11) is 0. The third-order valence-electron chi connectivity index (χ3n) is 3.28. The molecule has 0 spiro atoms. The number of nitrogens with one attached hydrogen (secondary N) is 1. The van der Waals surface area contributed by atoms with Gasteiger partial charge in [0, 0.05) is 19.2 Å². The Hall–Kier alpha value is -2.15. The lowest BCUT2D eigenvalue weighted by Gasteiger charge is -2.22. The highest BCUT2D eigenvalue weighted by molar-refractivity contribution is 5.89. The molecular weight excluding hydrogens is 264 g/mol. The van der Waals surface area contributed by atoms with E-state index in [0.717, 1.165) is 25.5 Å². The summed E-state index contributed by atoms with van der Waals surface area (Å²) in [5, 5.41) is 22.9. The van der Waals surface area contributed by atoms with Gasteiger partial charge in [0.05, 0.1) is 17.1 Å². The first-order valence-electron chi connectivity index (χ1n) is 6.41. The van der Waals surface area contributed by atoms with Gasteiger partial charge in [-0.1, -0.05) is 0 Å². The minimum atomic E-state index is -1.18. The highest BCUT2D eigenvalue weighted by Crippen LogP contribution is 2.26. The summed E-state index contributed by atoms with van der Waals surface area (Å²) < 4.78 is 5.35. The number of anilines is 1. The lowest BCUT2D eigenvalue weighted by atomic mass is 10.0. The predicted octanol–water partition coefficient (Wildman–Crippen LogP) is 2.13. The van der Waals surface area contributed by atoms with Crippen LogP contribution in [0.3, 0.4) is 0 Å². The Morgan fingerprint density at radius 2 is 2.35 bits per heavy atom. The molecule has 0 aromatic heterocycles. The van der Waals surface area contributed by atoms with Gasteiger partial charge < -0.3 is 15.2 Å². The minimum Gasteiger partial charge on any atom is -0.478 e. The van der Waals surface area contributed by atoms with E-state index in [4.69, 9.17) is 9.84 Å². The van der Waals surface area contributed by atoms with E-state index >= 15 is 0 Å². The molecule has 7 heteroatoms. The second-order valence-electron chi connectivity index (χ2n) is 4.76. The normalized spacial score (nSPS) is 18.5. The average molecular weight is 280 g/mol. The number of hydrogen-bond acceptors (Lipinski definition) is 5. The zero-order valence-corrected chi connectivity index (χ0v) is 10.9. The molecule has 2 rings (SSSR count). The van der Waals surface area contributed by atoms with Crippen molar-refractivity contribution in [2.75, 3.05) is 25.1 Å². The molecule has 0 aliphatic carbocycles. The van der Waals surface area contributed by atoms with Gasteiger partial charge >= 0.3 is 5.97 Å². The van der Waals surface area contributed by atoms with Gasteiger partial charge in [-0.3, -0.25) is 10.1 Å². The van der Waals surface area contributed by atoms with Gasteiger partial charge in [0.15, 0.2) is 0 Å². The number of carboxylic acids is 1. The van der Waals surface area contributed by atoms with Gasteiger partial charge in [0.2, 0.25) is 0 Å². The summed E-state index contributed by atoms with van der Waals surface area (Å²) >= 11 is 0. The minimum absolute atomic E-state index is 0.0942. The highest BCUT2D eigenvalue weighted by Gasteiger charge is 2.19. The number of benzene rings is 1. The number of carboxylic acid groups (broad SMARTS) is 1. The number of rotatable bonds is 5. The van der Waals surface area contributed by atoms with Crippen LogP contribution in [0.5, 0.6) is 0 Å². The molecule has 0 bridgehead atoms. The first-order chi connectivity index (χ1) is 9.58. The maximum absolute atomic E-state index is 11.0. The molecule has 7 nitrogen and oxygen atoms in total. The van der Waals surface area contributed by atoms with Crippen molar-refractivity contribution in [3.05, 3.63) is 33.9 Å². The van der Waals surface area contributed by atoms with Crippen molar-refractivity contribution in [3.63, 3.8) is 0 Å². The van der Waals surface area contributed by atoms with Gasteiger partial charge in [-0.2, -0.15) is 0 Å². The van der Waals surface area contributed by atoms with Gasteiger partial charge in [-0.05, 0) is 30.9 Å². The second-order valence-corrected chi connectivity index (χ2v) is 4.76. The van der Waals surface area contributed by atoms with E-state index in [9.17, 15) is 14.9 Å². The van der Waals surface area contributed by atoms with E-state index in [2.05, 4.69) is 5.32 Å². The van der Waals surface area contributed by atoms with Crippen molar-refractivity contribution in [2.24, 2.45) is 5.92 Å². The molecule has 0 radical (unpaired) electrons. The second kappa shape index (κ2) is 6.33. The molecular formula is C13H16N2O5. The smallest absolute Gasteiger partial charge is 0.335 e. The molecule has 1 aromatic carbocycles. The molecule has 20 heavy (non-hydrogen) atoms. The Kier molecular flexibility index (Phi) is 4.52. The molecule has 1 aliphatic rings. The Balaban J connectivity index is 2.09. The lowest BCUT2D eigenvalue weighted by molar-refractivity contribution is -0.384. The Labute approximate surface area is 115 Å². The van der Waals surface area contributed by atoms with Crippen LogP contribution in [0.15, 0.2) is 18.2 Å². The fraction of sp³-hybridized carbons (Fsp3) is 0.462. The van der Waals surface area contributed by atoms with Gasteiger partial charge in [0.1, 0.15) is 5.69 Å². The van der Waals surface area contributed by atoms with E-state index in [1.54, 1.807) is 0 Å². The van der Waals surface area contributed by atoms with Crippen LogP contribution in [0.2, 0.25) is 0 Å². The number of nitro benzene ring substituents is 1. The monoisotopic (exact) mass is 280 g/mol. The SMILES string of the molecule is O=C(O)c1ccc(NCC2CCCOC2)c([N+](=O)[O-])c1. The average Bonchev–Trinajstić information content (AvgIpc) is 2.45. The number of carbonyl (C=O) groups is 1. The quantitative estimate of drug-likeness (QED) is 0.632. The Morgan fingerprint density at radius 3 is 2.95 bits per heavy atom. The van der Waals surface area contributed by atoms with Crippen molar-refractivity contribution in [1.29, 1.82) is 0 Å². The summed E-state index contributed by atoms with van der Waals surface area (Å²) in [5.74, 6) is -0.858. The number of nitrogens with zero attached hydrogens (tertiary/aromatic N) is 1. The largest absolute Gasteiger partial charge is 0.478 e. The summed E-state index contributed by atoms with van der Waals surface area (Å²) in [6.45, 7) is 1.99. The van der Waals surface area contributed by atoms with Gasteiger partial charge in [-0.15, -0.1) is 0 Å². The molecule has 1 heterocycles. The first kappa shape index (κ1) is 14.3. The van der Waals surface area contributed by atoms with Crippen LogP contribution in [0.4, 0.5) is 11.4 Å². The van der Waals surface area contributed by atoms with Crippen molar-refractivity contribution in [2.45, 2.75) is 12.8 Å². The molecule has 1 aliphatic heterocycles. The zero-order valence-electron chi connectivity index (χ0n) is 10.9. The molecule has 0 saturated carbocycles. The van der Waals surface area contributed by atoms with Gasteiger partial charge in [0.25, 0.3) is 5.69 Å². The predicted molar refractivity (Wildman–Crippen MR) is 72.1 cm³/mol. The molecule has 2 N–H and O–H groups in total. The maximum atomic E-state index is 11.0. The van der Waals surface area contributed by atoms with Crippen LogP contribution in [0.25, 0.3) is 0 Å². The molecule has 1 fully saturated rings. The fourth-order valence-corrected chi connectivity index (χ4v) is 2.19. The molecule has 108 valence electrons. The van der Waals surface area contributed by atoms with E-state index in [1.807, 2.05) is 0 Å². The van der Waals surface area contributed by atoms with Gasteiger partial charge in [-0.25, -0.2) is 4.79 Å². The molecule has 1 atom stereocenters. The van der Waals surface area contributed by atoms with E-state index in [-0.39, 0.29) is 11.3 Å². The number of nitro groups is 1. The number of ether oxygens (including phenoxy) is 1. The topological polar surface area (TPSA) is 102 Å². The highest BCUT2D eigenvalue weighted by atomic mass is 16.6. The molecule has 0 amide bonds. The van der Waals surface area contributed by atoms with E-state index < -0.39 is 10.9 Å². The van der Waals surface area contributed by atoms with E-state index in [0.29, 0.717) is 24.8 Å². The lowest BCUT2D eigenvalue weighted by Crippen LogP contribution is -2.24. The zero-order chi connectivity index (χ0) is 14.5. The summed E-state index contributed by atoms with van der Waals surface area (Å²) in [6, 6.07) is 3.86. The number of aromatic carboxylic acids is 1. The third kappa shape index (κ3) is 3.45. The van der Waals surface area contributed by atoms with Crippen LogP contribution in [0, 0.1) is 16.0 Å².